The minimum absolute atomic E-state index is 0.104. The Morgan fingerprint density at radius 2 is 1.67 bits per heavy atom. The molecule has 0 spiro atoms. The van der Waals surface area contributed by atoms with Crippen LogP contribution in [0.25, 0.3) is 16.9 Å². The van der Waals surface area contributed by atoms with E-state index in [1.54, 1.807) is 24.3 Å². The number of amides is 1. The van der Waals surface area contributed by atoms with Crippen molar-refractivity contribution in [3.63, 3.8) is 0 Å². The van der Waals surface area contributed by atoms with E-state index in [0.29, 0.717) is 16.9 Å². The highest BCUT2D eigenvalue weighted by atomic mass is 19.4. The summed E-state index contributed by atoms with van der Waals surface area (Å²) in [5.74, 6) is -0.717. The summed E-state index contributed by atoms with van der Waals surface area (Å²) in [6.07, 6.45) is -3.21. The number of H-pyrrole nitrogens is 1. The molecule has 152 valence electrons. The quantitative estimate of drug-likeness (QED) is 0.505. The van der Waals surface area contributed by atoms with Gasteiger partial charge in [-0.3, -0.25) is 9.89 Å². The first-order valence-electron chi connectivity index (χ1n) is 8.98. The summed E-state index contributed by atoms with van der Waals surface area (Å²) in [6, 6.07) is 18.1. The number of benzene rings is 2. The summed E-state index contributed by atoms with van der Waals surface area (Å²) in [5.41, 5.74) is 0.392. The van der Waals surface area contributed by atoms with E-state index < -0.39 is 23.5 Å². The molecule has 4 aromatic rings. The number of hydrogen-bond acceptors (Lipinski definition) is 3. The zero-order chi connectivity index (χ0) is 21.3. The van der Waals surface area contributed by atoms with Gasteiger partial charge in [-0.2, -0.15) is 23.4 Å². The van der Waals surface area contributed by atoms with E-state index in [9.17, 15) is 18.0 Å². The highest BCUT2D eigenvalue weighted by Gasteiger charge is 2.38. The predicted octanol–water partition coefficient (Wildman–Crippen LogP) is 4.84. The molecule has 0 radical (unpaired) electrons. The number of anilines is 1. The summed E-state index contributed by atoms with van der Waals surface area (Å²) < 4.78 is 41.2. The molecule has 0 aliphatic rings. The first kappa shape index (κ1) is 19.4. The number of carbonyl (C=O) groups is 1. The lowest BCUT2D eigenvalue weighted by Gasteiger charge is -2.09. The molecular formula is C21H16F3N5O. The van der Waals surface area contributed by atoms with Gasteiger partial charge < -0.3 is 5.32 Å². The van der Waals surface area contributed by atoms with Gasteiger partial charge in [-0.25, -0.2) is 4.68 Å². The number of hydrogen-bond donors (Lipinski definition) is 2. The fraction of sp³-hybridized carbons (Fsp3) is 0.0952. The van der Waals surface area contributed by atoms with Crippen LogP contribution >= 0.6 is 0 Å². The third kappa shape index (κ3) is 3.69. The maximum Gasteiger partial charge on any atom is 0.437 e. The van der Waals surface area contributed by atoms with Crippen molar-refractivity contribution in [2.75, 3.05) is 5.32 Å². The molecule has 0 bridgehead atoms. The fourth-order valence-electron chi connectivity index (χ4n) is 3.03. The number of aromatic nitrogens is 4. The van der Waals surface area contributed by atoms with Crippen molar-refractivity contribution in [3.05, 3.63) is 83.8 Å². The van der Waals surface area contributed by atoms with Gasteiger partial charge in [0.1, 0.15) is 5.69 Å². The van der Waals surface area contributed by atoms with Crippen LogP contribution in [-0.2, 0) is 6.18 Å². The average Bonchev–Trinajstić information content (AvgIpc) is 3.34. The minimum Gasteiger partial charge on any atom is -0.318 e. The molecule has 0 fully saturated rings. The maximum absolute atomic E-state index is 13.2. The molecule has 0 aliphatic carbocycles. The number of halogens is 3. The fourth-order valence-corrected chi connectivity index (χ4v) is 3.03. The Morgan fingerprint density at radius 3 is 2.30 bits per heavy atom. The number of para-hydroxylation sites is 1. The summed E-state index contributed by atoms with van der Waals surface area (Å²) in [7, 11) is 0. The van der Waals surface area contributed by atoms with Gasteiger partial charge >= 0.3 is 6.18 Å². The molecule has 0 atom stereocenters. The SMILES string of the molecule is Cc1[nH]nc(C(F)(F)F)c1NC(=O)c1cn(-c2ccccc2)nc1-c1ccccc1. The molecular weight excluding hydrogens is 395 g/mol. The van der Waals surface area contributed by atoms with E-state index >= 15 is 0 Å². The molecule has 0 saturated carbocycles. The topological polar surface area (TPSA) is 75.6 Å². The number of aryl methyl sites for hydroxylation is 1. The van der Waals surface area contributed by atoms with Crippen LogP contribution in [0.15, 0.2) is 66.9 Å². The summed E-state index contributed by atoms with van der Waals surface area (Å²) in [4.78, 5) is 13.0. The van der Waals surface area contributed by atoms with Crippen LogP contribution in [0, 0.1) is 6.92 Å². The lowest BCUT2D eigenvalue weighted by atomic mass is 10.1. The summed E-state index contributed by atoms with van der Waals surface area (Å²) >= 11 is 0. The molecule has 30 heavy (non-hydrogen) atoms. The molecule has 4 rings (SSSR count). The van der Waals surface area contributed by atoms with E-state index in [1.165, 1.54) is 17.8 Å². The molecule has 2 N–H and O–H groups in total. The second-order valence-corrected chi connectivity index (χ2v) is 6.56. The highest BCUT2D eigenvalue weighted by molar-refractivity contribution is 6.08. The molecule has 0 aliphatic heterocycles. The second-order valence-electron chi connectivity index (χ2n) is 6.56. The van der Waals surface area contributed by atoms with Crippen molar-refractivity contribution < 1.29 is 18.0 Å². The Hall–Kier alpha value is -3.88. The van der Waals surface area contributed by atoms with Crippen molar-refractivity contribution in [3.8, 4) is 16.9 Å². The third-order valence-corrected chi connectivity index (χ3v) is 4.48. The number of nitrogens with one attached hydrogen (secondary N) is 2. The lowest BCUT2D eigenvalue weighted by molar-refractivity contribution is -0.140. The number of rotatable bonds is 4. The van der Waals surface area contributed by atoms with Crippen molar-refractivity contribution in [2.45, 2.75) is 13.1 Å². The van der Waals surface area contributed by atoms with E-state index in [-0.39, 0.29) is 11.3 Å². The average molecular weight is 411 g/mol. The van der Waals surface area contributed by atoms with E-state index in [1.807, 2.05) is 36.4 Å². The zero-order valence-corrected chi connectivity index (χ0v) is 15.7. The van der Waals surface area contributed by atoms with Crippen LogP contribution in [0.2, 0.25) is 0 Å². The van der Waals surface area contributed by atoms with Gasteiger partial charge in [0.05, 0.1) is 22.6 Å². The van der Waals surface area contributed by atoms with Gasteiger partial charge in [-0.1, -0.05) is 48.5 Å². The standard InChI is InChI=1S/C21H16F3N5O/c1-13-17(19(27-26-13)21(22,23)24)25-20(30)16-12-29(15-10-6-3-7-11-15)28-18(16)14-8-4-2-5-9-14/h2-12H,1H3,(H,25,30)(H,26,27). The van der Waals surface area contributed by atoms with Crippen molar-refractivity contribution in [1.82, 2.24) is 20.0 Å². The van der Waals surface area contributed by atoms with Crippen LogP contribution in [-0.4, -0.2) is 25.9 Å². The number of carbonyl (C=O) groups excluding carboxylic acids is 1. The lowest BCUT2D eigenvalue weighted by Crippen LogP contribution is -2.17. The van der Waals surface area contributed by atoms with Gasteiger partial charge in [0.15, 0.2) is 5.69 Å². The van der Waals surface area contributed by atoms with Crippen LogP contribution in [0.1, 0.15) is 21.7 Å². The number of aromatic amines is 1. The molecule has 9 heteroatoms. The van der Waals surface area contributed by atoms with Crippen LogP contribution in [0.3, 0.4) is 0 Å². The summed E-state index contributed by atoms with van der Waals surface area (Å²) in [5, 5.41) is 12.4. The second kappa shape index (κ2) is 7.51. The third-order valence-electron chi connectivity index (χ3n) is 4.48. The van der Waals surface area contributed by atoms with Gasteiger partial charge in [0.2, 0.25) is 0 Å². The maximum atomic E-state index is 13.2. The van der Waals surface area contributed by atoms with Crippen LogP contribution < -0.4 is 5.32 Å². The van der Waals surface area contributed by atoms with Crippen LogP contribution in [0.5, 0.6) is 0 Å². The number of nitrogens with zero attached hydrogens (tertiary/aromatic N) is 3. The van der Waals surface area contributed by atoms with Gasteiger partial charge in [0, 0.05) is 11.8 Å². The Morgan fingerprint density at radius 1 is 1.03 bits per heavy atom. The monoisotopic (exact) mass is 411 g/mol. The Labute approximate surface area is 169 Å². The number of alkyl halides is 3. The molecule has 2 aromatic heterocycles. The predicted molar refractivity (Wildman–Crippen MR) is 105 cm³/mol. The molecule has 0 unspecified atom stereocenters. The Bertz CT molecular complexity index is 1180. The highest BCUT2D eigenvalue weighted by Crippen LogP contribution is 2.35. The first-order valence-corrected chi connectivity index (χ1v) is 8.98. The molecule has 1 amide bonds. The molecule has 0 saturated heterocycles. The largest absolute Gasteiger partial charge is 0.437 e. The van der Waals surface area contributed by atoms with Crippen molar-refractivity contribution >= 4 is 11.6 Å². The summed E-state index contributed by atoms with van der Waals surface area (Å²) in [6.45, 7) is 1.41. The van der Waals surface area contributed by atoms with Crippen LogP contribution in [0.4, 0.5) is 18.9 Å². The Balaban J connectivity index is 1.78. The van der Waals surface area contributed by atoms with Crippen molar-refractivity contribution in [1.29, 1.82) is 0 Å². The normalized spacial score (nSPS) is 11.5. The smallest absolute Gasteiger partial charge is 0.318 e. The molecule has 6 nitrogen and oxygen atoms in total. The first-order chi connectivity index (χ1) is 14.3. The zero-order valence-electron chi connectivity index (χ0n) is 15.7. The van der Waals surface area contributed by atoms with E-state index in [0.717, 1.165) is 0 Å². The molecule has 2 aromatic carbocycles. The van der Waals surface area contributed by atoms with Gasteiger partial charge in [-0.15, -0.1) is 0 Å². The minimum atomic E-state index is -4.70. The molecule has 2 heterocycles. The van der Waals surface area contributed by atoms with E-state index in [2.05, 4.69) is 20.6 Å². The van der Waals surface area contributed by atoms with Gasteiger partial charge in [0.25, 0.3) is 5.91 Å². The van der Waals surface area contributed by atoms with Gasteiger partial charge in [-0.05, 0) is 19.1 Å². The van der Waals surface area contributed by atoms with Crippen molar-refractivity contribution in [2.24, 2.45) is 0 Å². The van der Waals surface area contributed by atoms with E-state index in [4.69, 9.17) is 0 Å². The Kier molecular flexibility index (Phi) is 4.86.